The van der Waals surface area contributed by atoms with Crippen molar-refractivity contribution in [3.63, 3.8) is 0 Å². The Balaban J connectivity index is 0.000000246. The lowest BCUT2D eigenvalue weighted by Crippen LogP contribution is -2.38. The lowest BCUT2D eigenvalue weighted by molar-refractivity contribution is -0.114. The number of Topliss-reactive ketones (excluding diaryl/α,β-unsaturated/α-hetero) is 1. The summed E-state index contributed by atoms with van der Waals surface area (Å²) in [5, 5.41) is 22.4. The molecule has 4 aromatic heterocycles. The molecule has 4 heterocycles. The third-order valence-corrected chi connectivity index (χ3v) is 26.0. The normalized spacial score (nSPS) is 17.7. The van der Waals surface area contributed by atoms with Gasteiger partial charge in [0.2, 0.25) is 36.0 Å². The Labute approximate surface area is 665 Å². The van der Waals surface area contributed by atoms with E-state index in [9.17, 15) is 44.4 Å². The van der Waals surface area contributed by atoms with Crippen LogP contribution in [-0.2, 0) is 49.1 Å². The Morgan fingerprint density at radius 1 is 0.564 bits per heavy atom. The number of aryl methyl sites for hydroxylation is 1. The van der Waals surface area contributed by atoms with Crippen molar-refractivity contribution >= 4 is 133 Å². The Hall–Kier alpha value is -8.39. The van der Waals surface area contributed by atoms with Crippen LogP contribution in [0.1, 0.15) is 185 Å². The number of carbonyl (C=O) groups is 4. The molecule has 31 nitrogen and oxygen atoms in total. The quantitative estimate of drug-likeness (QED) is 0.00481. The lowest BCUT2D eigenvalue weighted by Gasteiger charge is -2.28. The van der Waals surface area contributed by atoms with Crippen molar-refractivity contribution in [2.24, 2.45) is 22.2 Å². The highest BCUT2D eigenvalue weighted by Crippen LogP contribution is 2.44. The van der Waals surface area contributed by atoms with E-state index >= 15 is 0 Å². The molecule has 3 aliphatic carbocycles. The van der Waals surface area contributed by atoms with Crippen molar-refractivity contribution < 1.29 is 58.6 Å². The molecule has 7 aromatic rings. The highest BCUT2D eigenvalue weighted by Gasteiger charge is 2.32. The Morgan fingerprint density at radius 2 is 0.900 bits per heavy atom. The molecule has 0 aliphatic heterocycles. The standard InChI is InChI=1S/C25H34N6O4S2.C22H32N6O4S2.C21H30N4O4S2.C3H5BrO.CH2N2/c1-5-28-37(33,34)22-12-19(30-24-27-13-16(4)29-24)10-11-20(22)21-14-26-23(36-21)17-6-8-18(9-7-17)31-25(32)35-15(2)3;1-4-26-34(30,31)19-11-16(27-21(23)24)9-10-17(19)18-12-25-20(33-18)14-5-7-15(8-6-14)28-22(29)32-13(2)3;1-4-24-31(27,28)19-11-15(22)7-10-17(19)18-12-23-20(30-18)14-5-8-16(9-6-14)25-21(26)29-13(2)3;1-3(5)2-4;2-1-3/h10-15,17-18,28H,5-9H2,1-4H3,(H,31,32)(H2,27,29,30);9-15,26H,4-8H2,1-3H3,(H,28,29)(H4,23,24,27);7,10-14,16,24H,4-6,8-9,22H2,1-3H3,(H,25,26);2H2,1H3;2H2. The first-order chi connectivity index (χ1) is 52.1. The van der Waals surface area contributed by atoms with Crippen LogP contribution >= 0.6 is 49.9 Å². The molecule has 0 atom stereocenters. The smallest absolute Gasteiger partial charge is 0.407 e. The van der Waals surface area contributed by atoms with E-state index in [0.29, 0.717) is 57.5 Å². The fraction of sp³-hybridized carbons (Fsp3) is 0.500. The molecule has 3 saturated carbocycles. The van der Waals surface area contributed by atoms with Gasteiger partial charge in [-0.15, -0.1) is 34.0 Å². The zero-order valence-corrected chi connectivity index (χ0v) is 70.1. The minimum Gasteiger partial charge on any atom is -0.447 e. The number of hydrogen-bond acceptors (Lipinski definition) is 25. The van der Waals surface area contributed by atoms with E-state index in [2.05, 4.69) is 87.0 Å². The Kier molecular flexibility index (Phi) is 35.7. The van der Waals surface area contributed by atoms with Crippen LogP contribution in [0.25, 0.3) is 31.3 Å². The summed E-state index contributed by atoms with van der Waals surface area (Å²) in [7, 11) is -11.2. The lowest BCUT2D eigenvalue weighted by atomic mass is 9.86. The summed E-state index contributed by atoms with van der Waals surface area (Å²) < 4.78 is 100. The number of benzene rings is 3. The van der Waals surface area contributed by atoms with E-state index in [1.54, 1.807) is 82.0 Å². The maximum atomic E-state index is 13.1. The number of nitrogens with two attached hydrogens (primary N) is 4. The summed E-state index contributed by atoms with van der Waals surface area (Å²) in [6, 6.07) is 15.3. The number of halogens is 1. The van der Waals surface area contributed by atoms with Crippen LogP contribution < -0.4 is 58.4 Å². The fourth-order valence-electron chi connectivity index (χ4n) is 12.1. The van der Waals surface area contributed by atoms with Crippen molar-refractivity contribution in [2.45, 2.75) is 222 Å². The number of aromatic amines is 1. The number of H-pyrrole nitrogens is 1. The van der Waals surface area contributed by atoms with Gasteiger partial charge in [0.25, 0.3) is 0 Å². The van der Waals surface area contributed by atoms with Crippen molar-refractivity contribution in [2.75, 3.05) is 36.0 Å². The van der Waals surface area contributed by atoms with Gasteiger partial charge in [-0.25, -0.2) is 78.7 Å². The van der Waals surface area contributed by atoms with Crippen LogP contribution in [0.4, 0.5) is 37.4 Å². The van der Waals surface area contributed by atoms with E-state index < -0.39 is 30.1 Å². The number of carbonyl (C=O) groups excluding carboxylic acids is 4. The highest BCUT2D eigenvalue weighted by molar-refractivity contribution is 9.09. The van der Waals surface area contributed by atoms with Gasteiger partial charge >= 0.3 is 18.3 Å². The number of imidazole rings is 1. The first-order valence-electron chi connectivity index (χ1n) is 36.1. The molecule has 0 spiro atoms. The van der Waals surface area contributed by atoms with E-state index in [0.717, 1.165) is 112 Å². The second-order valence-electron chi connectivity index (χ2n) is 26.8. The number of thiazole rings is 3. The number of nitrogens with zero attached hydrogens (tertiary/aromatic N) is 6. The number of amides is 3. The van der Waals surface area contributed by atoms with Gasteiger partial charge in [-0.2, -0.15) is 5.26 Å². The molecule has 3 aliphatic rings. The molecule has 602 valence electrons. The van der Waals surface area contributed by atoms with E-state index in [1.807, 2.05) is 54.5 Å². The highest BCUT2D eigenvalue weighted by atomic mass is 79.9. The summed E-state index contributed by atoms with van der Waals surface area (Å²) in [5.41, 5.74) is 24.9. The number of ether oxygens (including phenoxy) is 3. The Morgan fingerprint density at radius 3 is 1.22 bits per heavy atom. The summed E-state index contributed by atoms with van der Waals surface area (Å²) in [5.74, 6) is 1.38. The van der Waals surface area contributed by atoms with Gasteiger partial charge < -0.3 is 63.4 Å². The largest absolute Gasteiger partial charge is 0.447 e. The number of hydrogen-bond donors (Lipinski definition) is 12. The van der Waals surface area contributed by atoms with Crippen LogP contribution in [-0.4, -0.2) is 142 Å². The zero-order valence-electron chi connectivity index (χ0n) is 63.6. The molecular weight excluding hydrogens is 1600 g/mol. The second-order valence-corrected chi connectivity index (χ2v) is 35.8. The van der Waals surface area contributed by atoms with Crippen LogP contribution in [0, 0.1) is 18.4 Å². The third kappa shape index (κ3) is 28.4. The average Bonchev–Trinajstić information content (AvgIpc) is 1.55. The zero-order chi connectivity index (χ0) is 81.0. The van der Waals surface area contributed by atoms with Gasteiger partial charge in [-0.3, -0.25) is 4.79 Å². The van der Waals surface area contributed by atoms with Crippen LogP contribution in [0.5, 0.6) is 0 Å². The van der Waals surface area contributed by atoms with Gasteiger partial charge in [-0.05, 0) is 175 Å². The number of rotatable bonds is 25. The molecule has 110 heavy (non-hydrogen) atoms. The predicted octanol–water partition coefficient (Wildman–Crippen LogP) is 12.5. The van der Waals surface area contributed by atoms with Crippen LogP contribution in [0.15, 0.2) is 99.1 Å². The van der Waals surface area contributed by atoms with E-state index in [1.165, 1.54) is 59.3 Å². The predicted molar refractivity (Wildman–Crippen MR) is 435 cm³/mol. The van der Waals surface area contributed by atoms with Gasteiger partial charge in [0.1, 0.15) is 5.78 Å². The molecule has 3 amide bonds. The molecule has 38 heteroatoms. The number of nitrogens with one attached hydrogen (secondary N) is 8. The van der Waals surface area contributed by atoms with Gasteiger partial charge in [-0.1, -0.05) is 48.8 Å². The third-order valence-electron chi connectivity index (χ3n) is 16.8. The number of nitriles is 1. The van der Waals surface area contributed by atoms with Crippen LogP contribution in [0.3, 0.4) is 0 Å². The molecule has 0 saturated heterocycles. The van der Waals surface area contributed by atoms with E-state index in [4.69, 9.17) is 36.7 Å². The molecule has 16 N–H and O–H groups in total. The molecule has 0 bridgehead atoms. The summed E-state index contributed by atoms with van der Waals surface area (Å²) in [6.45, 7) is 20.4. The average molecular weight is 1700 g/mol. The van der Waals surface area contributed by atoms with Crippen LogP contribution in [0.2, 0.25) is 0 Å². The van der Waals surface area contributed by atoms with Gasteiger partial charge in [0, 0.05) is 114 Å². The number of alkyl halides is 1. The summed E-state index contributed by atoms with van der Waals surface area (Å²) >= 11 is 7.49. The molecular formula is C72H103BrN18O13S6. The van der Waals surface area contributed by atoms with Crippen molar-refractivity contribution in [3.05, 3.63) is 100 Å². The van der Waals surface area contributed by atoms with Crippen molar-refractivity contribution in [3.8, 4) is 37.5 Å². The Bertz CT molecular complexity index is 4590. The second kappa shape index (κ2) is 43.4. The molecule has 3 fully saturated rings. The van der Waals surface area contributed by atoms with Gasteiger partial charge in [0.15, 0.2) is 12.2 Å². The maximum Gasteiger partial charge on any atom is 0.407 e. The summed E-state index contributed by atoms with van der Waals surface area (Å²) in [4.78, 5) is 73.3. The van der Waals surface area contributed by atoms with Crippen molar-refractivity contribution in [1.82, 2.24) is 55.0 Å². The number of aliphatic imine (C=N–C) groups is 1. The van der Waals surface area contributed by atoms with E-state index in [-0.39, 0.29) is 106 Å². The van der Waals surface area contributed by atoms with Crippen molar-refractivity contribution in [1.29, 1.82) is 5.26 Å². The first-order valence-corrected chi connectivity index (χ1v) is 44.1. The number of anilines is 3. The fourth-order valence-corrected chi connectivity index (χ4v) is 19.5. The minimum absolute atomic E-state index is 0.0851. The number of sulfonamides is 3. The number of alkyl carbamates (subject to hydrolysis) is 3. The first kappa shape index (κ1) is 90.5. The number of aromatic nitrogens is 5. The maximum absolute atomic E-state index is 13.1. The number of nitrogen functional groups attached to an aromatic ring is 1. The number of ketones is 1. The van der Waals surface area contributed by atoms with Gasteiger partial charge in [0.05, 0.1) is 73.7 Å². The molecule has 10 rings (SSSR count). The SMILES string of the molecule is CC(=O)CBr.CCNS(=O)(=O)c1cc(N)ccc1-c1cnc(C2CCC(NC(=O)OC(C)C)CC2)s1.CCNS(=O)(=O)c1cc(N=C(N)N)ccc1-c1cnc(C2CCC(NC(=O)OC(C)C)CC2)s1.CCNS(=O)(=O)c1cc(Nc2ncc(C)[nH]2)ccc1-c1cnc(C2CCC(NC(=O)OC(C)C)CC2)s1.N#CN. The monoisotopic (exact) mass is 1700 g/mol. The molecule has 3 aromatic carbocycles. The summed E-state index contributed by atoms with van der Waals surface area (Å²) in [6.07, 6.45) is 17.0. The minimum atomic E-state index is -3.76. The number of guanidine groups is 1. The molecule has 0 unspecified atom stereocenters. The molecule has 0 radical (unpaired) electrons. The topological polar surface area (TPSA) is 490 Å².